The molecule has 17 heavy (non-hydrogen) atoms. The predicted octanol–water partition coefficient (Wildman–Crippen LogP) is -0.121. The minimum Gasteiger partial charge on any atom is -0.345 e. The molecule has 0 radical (unpaired) electrons. The van der Waals surface area contributed by atoms with Crippen molar-refractivity contribution in [1.29, 1.82) is 0 Å². The van der Waals surface area contributed by atoms with Crippen LogP contribution in [0.1, 0.15) is 19.3 Å². The first kappa shape index (κ1) is 14.4. The highest BCUT2D eigenvalue weighted by atomic mass is 32.2. The standard InChI is InChI=1S/C11H22N2O3S/c1-13(11(14)9-17(2,15)16)8-5-10-3-6-12-7-4-10/h10,12H,3-9H2,1-2H3. The number of nitrogens with zero attached hydrogens (tertiary/aromatic N) is 1. The van der Waals surface area contributed by atoms with Gasteiger partial charge >= 0.3 is 0 Å². The van der Waals surface area contributed by atoms with Gasteiger partial charge in [-0.3, -0.25) is 4.79 Å². The first-order chi connectivity index (χ1) is 7.88. The van der Waals surface area contributed by atoms with Crippen molar-refractivity contribution in [2.45, 2.75) is 19.3 Å². The average Bonchev–Trinajstić information content (AvgIpc) is 2.25. The lowest BCUT2D eigenvalue weighted by Crippen LogP contribution is -2.35. The molecule has 1 aliphatic heterocycles. The second-order valence-corrected chi connectivity index (χ2v) is 7.01. The fourth-order valence-corrected chi connectivity index (χ4v) is 2.67. The van der Waals surface area contributed by atoms with E-state index in [2.05, 4.69) is 5.32 Å². The van der Waals surface area contributed by atoms with Gasteiger partial charge in [0.15, 0.2) is 9.84 Å². The van der Waals surface area contributed by atoms with Crippen LogP contribution < -0.4 is 5.32 Å². The smallest absolute Gasteiger partial charge is 0.237 e. The van der Waals surface area contributed by atoms with E-state index in [0.29, 0.717) is 12.5 Å². The van der Waals surface area contributed by atoms with Crippen LogP contribution >= 0.6 is 0 Å². The van der Waals surface area contributed by atoms with E-state index in [-0.39, 0.29) is 11.7 Å². The van der Waals surface area contributed by atoms with Crippen molar-refractivity contribution in [3.8, 4) is 0 Å². The molecule has 0 unspecified atom stereocenters. The Kier molecular flexibility index (Phi) is 5.39. The number of hydrogen-bond acceptors (Lipinski definition) is 4. The quantitative estimate of drug-likeness (QED) is 0.750. The zero-order valence-electron chi connectivity index (χ0n) is 10.6. The number of sulfone groups is 1. The van der Waals surface area contributed by atoms with Crippen molar-refractivity contribution in [3.05, 3.63) is 0 Å². The van der Waals surface area contributed by atoms with E-state index in [9.17, 15) is 13.2 Å². The van der Waals surface area contributed by atoms with Crippen LogP contribution in [0.3, 0.4) is 0 Å². The van der Waals surface area contributed by atoms with Gasteiger partial charge in [-0.1, -0.05) is 0 Å². The molecule has 5 nitrogen and oxygen atoms in total. The van der Waals surface area contributed by atoms with Crippen LogP contribution in [0.4, 0.5) is 0 Å². The summed E-state index contributed by atoms with van der Waals surface area (Å²) in [5.74, 6) is -0.0263. The van der Waals surface area contributed by atoms with Gasteiger partial charge in [-0.15, -0.1) is 0 Å². The second kappa shape index (κ2) is 6.35. The third kappa shape index (κ3) is 6.02. The van der Waals surface area contributed by atoms with E-state index >= 15 is 0 Å². The van der Waals surface area contributed by atoms with Crippen molar-refractivity contribution >= 4 is 15.7 Å². The highest BCUT2D eigenvalue weighted by molar-refractivity contribution is 7.91. The minimum absolute atomic E-state index is 0.304. The number of piperidine rings is 1. The van der Waals surface area contributed by atoms with E-state index in [1.54, 1.807) is 7.05 Å². The topological polar surface area (TPSA) is 66.5 Å². The summed E-state index contributed by atoms with van der Waals surface area (Å²) in [6, 6.07) is 0. The Labute approximate surface area is 103 Å². The van der Waals surface area contributed by atoms with Gasteiger partial charge in [-0.2, -0.15) is 0 Å². The van der Waals surface area contributed by atoms with E-state index in [1.807, 2.05) is 0 Å². The van der Waals surface area contributed by atoms with Crippen molar-refractivity contribution < 1.29 is 13.2 Å². The molecular formula is C11H22N2O3S. The third-order valence-corrected chi connectivity index (χ3v) is 3.91. The molecule has 1 N–H and O–H groups in total. The van der Waals surface area contributed by atoms with Crippen LogP contribution in [0.2, 0.25) is 0 Å². The molecule has 1 amide bonds. The van der Waals surface area contributed by atoms with Gasteiger partial charge in [-0.05, 0) is 38.3 Å². The average molecular weight is 262 g/mol. The number of carbonyl (C=O) groups excluding carboxylic acids is 1. The maximum Gasteiger partial charge on any atom is 0.237 e. The fraction of sp³-hybridized carbons (Fsp3) is 0.909. The van der Waals surface area contributed by atoms with Crippen molar-refractivity contribution in [2.75, 3.05) is 38.7 Å². The lowest BCUT2D eigenvalue weighted by atomic mass is 9.94. The largest absolute Gasteiger partial charge is 0.345 e. The Morgan fingerprint density at radius 3 is 2.47 bits per heavy atom. The van der Waals surface area contributed by atoms with Crippen molar-refractivity contribution in [3.63, 3.8) is 0 Å². The minimum atomic E-state index is -3.21. The summed E-state index contributed by atoms with van der Waals surface area (Å²) in [7, 11) is -1.54. The molecule has 1 aliphatic rings. The third-order valence-electron chi connectivity index (χ3n) is 3.14. The Hall–Kier alpha value is -0.620. The summed E-state index contributed by atoms with van der Waals surface area (Å²) in [5, 5.41) is 3.30. The number of amides is 1. The number of carbonyl (C=O) groups is 1. The molecule has 0 aromatic heterocycles. The summed E-state index contributed by atoms with van der Waals surface area (Å²) >= 11 is 0. The van der Waals surface area contributed by atoms with Gasteiger partial charge in [0.2, 0.25) is 5.91 Å². The van der Waals surface area contributed by atoms with Gasteiger partial charge in [-0.25, -0.2) is 8.42 Å². The SMILES string of the molecule is CN(CCC1CCNCC1)C(=O)CS(C)(=O)=O. The number of nitrogens with one attached hydrogen (secondary N) is 1. The van der Waals surface area contributed by atoms with Gasteiger partial charge in [0.1, 0.15) is 5.75 Å². The lowest BCUT2D eigenvalue weighted by Gasteiger charge is -2.25. The zero-order valence-corrected chi connectivity index (χ0v) is 11.4. The molecule has 0 spiro atoms. The van der Waals surface area contributed by atoms with Crippen LogP contribution in [0.25, 0.3) is 0 Å². The molecule has 1 rings (SSSR count). The van der Waals surface area contributed by atoms with Gasteiger partial charge in [0, 0.05) is 19.8 Å². The van der Waals surface area contributed by atoms with Crippen molar-refractivity contribution in [1.82, 2.24) is 10.2 Å². The molecule has 1 heterocycles. The highest BCUT2D eigenvalue weighted by Gasteiger charge is 2.18. The first-order valence-electron chi connectivity index (χ1n) is 6.01. The first-order valence-corrected chi connectivity index (χ1v) is 8.07. The molecule has 0 saturated carbocycles. The Morgan fingerprint density at radius 2 is 1.94 bits per heavy atom. The fourth-order valence-electron chi connectivity index (χ4n) is 2.01. The number of hydrogen-bond donors (Lipinski definition) is 1. The Morgan fingerprint density at radius 1 is 1.35 bits per heavy atom. The van der Waals surface area contributed by atoms with Gasteiger partial charge in [0.05, 0.1) is 0 Å². The summed E-state index contributed by atoms with van der Waals surface area (Å²) in [6.45, 7) is 2.75. The van der Waals surface area contributed by atoms with E-state index < -0.39 is 9.84 Å². The maximum atomic E-state index is 11.6. The molecule has 0 aliphatic carbocycles. The number of rotatable bonds is 5. The predicted molar refractivity (Wildman–Crippen MR) is 67.6 cm³/mol. The van der Waals surface area contributed by atoms with Crippen LogP contribution in [0.5, 0.6) is 0 Å². The van der Waals surface area contributed by atoms with Crippen LogP contribution in [0, 0.1) is 5.92 Å². The summed E-state index contributed by atoms with van der Waals surface area (Å²) in [6.07, 6.45) is 4.35. The summed E-state index contributed by atoms with van der Waals surface area (Å²) in [4.78, 5) is 13.1. The zero-order chi connectivity index (χ0) is 12.9. The van der Waals surface area contributed by atoms with Crippen LogP contribution in [-0.4, -0.2) is 57.9 Å². The molecule has 1 fully saturated rings. The summed E-state index contributed by atoms with van der Waals surface area (Å²) in [5.41, 5.74) is 0. The van der Waals surface area contributed by atoms with E-state index in [4.69, 9.17) is 0 Å². The maximum absolute atomic E-state index is 11.6. The molecule has 0 aromatic rings. The highest BCUT2D eigenvalue weighted by Crippen LogP contribution is 2.15. The van der Waals surface area contributed by atoms with E-state index in [1.165, 1.54) is 4.90 Å². The second-order valence-electron chi connectivity index (χ2n) is 4.87. The lowest BCUT2D eigenvalue weighted by molar-refractivity contribution is -0.127. The molecule has 0 atom stereocenters. The molecule has 6 heteroatoms. The molecule has 1 saturated heterocycles. The van der Waals surface area contributed by atoms with Gasteiger partial charge in [0.25, 0.3) is 0 Å². The molecule has 100 valence electrons. The molecular weight excluding hydrogens is 240 g/mol. The Balaban J connectivity index is 2.28. The molecule has 0 aromatic carbocycles. The monoisotopic (exact) mass is 262 g/mol. The van der Waals surface area contributed by atoms with Crippen LogP contribution in [-0.2, 0) is 14.6 Å². The molecule has 0 bridgehead atoms. The summed E-state index contributed by atoms with van der Waals surface area (Å²) < 4.78 is 22.0. The van der Waals surface area contributed by atoms with Gasteiger partial charge < -0.3 is 10.2 Å². The van der Waals surface area contributed by atoms with Crippen LogP contribution in [0.15, 0.2) is 0 Å². The Bertz CT molecular complexity index is 348. The van der Waals surface area contributed by atoms with E-state index in [0.717, 1.165) is 38.6 Å². The van der Waals surface area contributed by atoms with Crippen molar-refractivity contribution in [2.24, 2.45) is 5.92 Å². The normalized spacial score (nSPS) is 18.0.